The van der Waals surface area contributed by atoms with Gasteiger partial charge >= 0.3 is 12.0 Å². The summed E-state index contributed by atoms with van der Waals surface area (Å²) in [6.45, 7) is 3.65. The van der Waals surface area contributed by atoms with Crippen molar-refractivity contribution < 1.29 is 28.7 Å². The number of esters is 1. The van der Waals surface area contributed by atoms with E-state index in [1.54, 1.807) is 49.4 Å². The molecule has 0 bridgehead atoms. The van der Waals surface area contributed by atoms with Gasteiger partial charge in [-0.3, -0.25) is 15.0 Å². The zero-order valence-electron chi connectivity index (χ0n) is 17.9. The molecule has 9 nitrogen and oxygen atoms in total. The topological polar surface area (TPSA) is 114 Å². The third-order valence-corrected chi connectivity index (χ3v) is 5.02. The van der Waals surface area contributed by atoms with E-state index in [4.69, 9.17) is 9.47 Å². The lowest BCUT2D eigenvalue weighted by Crippen LogP contribution is -2.49. The lowest BCUT2D eigenvalue weighted by atomic mass is 9.87. The molecule has 0 aromatic heterocycles. The second-order valence-electron chi connectivity index (χ2n) is 7.18. The molecule has 1 heterocycles. The van der Waals surface area contributed by atoms with Gasteiger partial charge in [0.1, 0.15) is 11.3 Å². The Morgan fingerprint density at radius 2 is 1.72 bits per heavy atom. The molecule has 1 aliphatic rings. The number of hydrogen-bond acceptors (Lipinski definition) is 6. The SMILES string of the molecule is CCCOc1ccc(C(=O)OCC(=O)NN2C(=O)NC(CC)(c3ccccc3)C2=O)cc1. The van der Waals surface area contributed by atoms with Gasteiger partial charge in [0, 0.05) is 0 Å². The number of nitrogens with one attached hydrogen (secondary N) is 2. The highest BCUT2D eigenvalue weighted by molar-refractivity contribution is 6.08. The summed E-state index contributed by atoms with van der Waals surface area (Å²) in [4.78, 5) is 49.8. The highest BCUT2D eigenvalue weighted by atomic mass is 16.5. The Labute approximate surface area is 185 Å². The summed E-state index contributed by atoms with van der Waals surface area (Å²) in [5, 5.41) is 3.27. The zero-order chi connectivity index (χ0) is 23.1. The van der Waals surface area contributed by atoms with Crippen molar-refractivity contribution in [2.24, 2.45) is 0 Å². The maximum Gasteiger partial charge on any atom is 0.344 e. The fraction of sp³-hybridized carbons (Fsp3) is 0.304. The van der Waals surface area contributed by atoms with Gasteiger partial charge in [0.05, 0.1) is 12.2 Å². The third kappa shape index (κ3) is 4.72. The first-order valence-corrected chi connectivity index (χ1v) is 10.3. The van der Waals surface area contributed by atoms with Crippen molar-refractivity contribution in [2.75, 3.05) is 13.2 Å². The first-order chi connectivity index (χ1) is 15.4. The number of nitrogens with zero attached hydrogens (tertiary/aromatic N) is 1. The van der Waals surface area contributed by atoms with Crippen LogP contribution in [0, 0.1) is 0 Å². The van der Waals surface area contributed by atoms with Crippen LogP contribution in [-0.4, -0.2) is 42.0 Å². The smallest absolute Gasteiger partial charge is 0.344 e. The van der Waals surface area contributed by atoms with Crippen LogP contribution in [0.2, 0.25) is 0 Å². The average Bonchev–Trinajstić information content (AvgIpc) is 3.07. The molecule has 1 fully saturated rings. The number of imide groups is 1. The molecular formula is C23H25N3O6. The molecule has 1 saturated heterocycles. The van der Waals surface area contributed by atoms with E-state index >= 15 is 0 Å². The van der Waals surface area contributed by atoms with E-state index in [9.17, 15) is 19.2 Å². The van der Waals surface area contributed by atoms with Gasteiger partial charge in [-0.15, -0.1) is 0 Å². The molecule has 2 aromatic carbocycles. The standard InChI is InChI=1S/C23H25N3O6/c1-3-14-31-18-12-10-16(11-13-18)20(28)32-15-19(27)25-26-21(29)23(4-2,24-22(26)30)17-8-6-5-7-9-17/h5-13H,3-4,14-15H2,1-2H3,(H,24,30)(H,25,27). The third-order valence-electron chi connectivity index (χ3n) is 5.02. The van der Waals surface area contributed by atoms with Crippen LogP contribution in [0.15, 0.2) is 54.6 Å². The number of urea groups is 1. The molecular weight excluding hydrogens is 414 g/mol. The Morgan fingerprint density at radius 1 is 1.03 bits per heavy atom. The number of carbonyl (C=O) groups is 4. The minimum atomic E-state index is -1.27. The monoisotopic (exact) mass is 439 g/mol. The summed E-state index contributed by atoms with van der Waals surface area (Å²) in [6, 6.07) is 14.3. The Hall–Kier alpha value is -3.88. The summed E-state index contributed by atoms with van der Waals surface area (Å²) in [6.07, 6.45) is 1.15. The van der Waals surface area contributed by atoms with Crippen LogP contribution in [0.4, 0.5) is 4.79 Å². The second-order valence-corrected chi connectivity index (χ2v) is 7.18. The molecule has 1 unspecified atom stereocenters. The number of ether oxygens (including phenoxy) is 2. The molecule has 0 spiro atoms. The van der Waals surface area contributed by atoms with Crippen LogP contribution in [0.3, 0.4) is 0 Å². The summed E-state index contributed by atoms with van der Waals surface area (Å²) in [5.74, 6) is -1.52. The van der Waals surface area contributed by atoms with Crippen LogP contribution in [-0.2, 0) is 19.9 Å². The van der Waals surface area contributed by atoms with Gasteiger partial charge in [-0.2, -0.15) is 5.01 Å². The summed E-state index contributed by atoms with van der Waals surface area (Å²) >= 11 is 0. The molecule has 0 aliphatic carbocycles. The number of hydrogen-bond donors (Lipinski definition) is 2. The van der Waals surface area contributed by atoms with Gasteiger partial charge in [-0.05, 0) is 42.7 Å². The first-order valence-electron chi connectivity index (χ1n) is 10.3. The molecule has 2 aromatic rings. The Kier molecular flexibility index (Phi) is 7.09. The highest BCUT2D eigenvalue weighted by Crippen LogP contribution is 2.31. The van der Waals surface area contributed by atoms with Crippen LogP contribution >= 0.6 is 0 Å². The van der Waals surface area contributed by atoms with E-state index in [2.05, 4.69) is 10.7 Å². The van der Waals surface area contributed by atoms with Gasteiger partial charge in [-0.1, -0.05) is 44.2 Å². The fourth-order valence-corrected chi connectivity index (χ4v) is 3.32. The number of benzene rings is 2. The summed E-state index contributed by atoms with van der Waals surface area (Å²) < 4.78 is 10.4. The van der Waals surface area contributed by atoms with Crippen molar-refractivity contribution in [3.05, 3.63) is 65.7 Å². The van der Waals surface area contributed by atoms with E-state index in [0.717, 1.165) is 6.42 Å². The minimum Gasteiger partial charge on any atom is -0.494 e. The fourth-order valence-electron chi connectivity index (χ4n) is 3.32. The molecule has 3 rings (SSSR count). The molecule has 4 amide bonds. The molecule has 0 saturated carbocycles. The van der Waals surface area contributed by atoms with E-state index in [1.807, 2.05) is 6.92 Å². The minimum absolute atomic E-state index is 0.241. The van der Waals surface area contributed by atoms with E-state index < -0.39 is 36.0 Å². The van der Waals surface area contributed by atoms with E-state index in [-0.39, 0.29) is 5.56 Å². The van der Waals surface area contributed by atoms with E-state index in [1.165, 1.54) is 12.1 Å². The number of amides is 4. The molecule has 1 atom stereocenters. The van der Waals surface area contributed by atoms with Gasteiger partial charge in [0.2, 0.25) is 0 Å². The van der Waals surface area contributed by atoms with Crippen molar-refractivity contribution in [1.29, 1.82) is 0 Å². The predicted octanol–water partition coefficient (Wildman–Crippen LogP) is 2.52. The van der Waals surface area contributed by atoms with Crippen molar-refractivity contribution in [3.8, 4) is 5.75 Å². The van der Waals surface area contributed by atoms with E-state index in [0.29, 0.717) is 29.3 Å². The zero-order valence-corrected chi connectivity index (χ0v) is 17.9. The Bertz CT molecular complexity index is 993. The number of carbonyl (C=O) groups excluding carboxylic acids is 4. The van der Waals surface area contributed by atoms with Crippen LogP contribution in [0.1, 0.15) is 42.6 Å². The first kappa shape index (κ1) is 22.8. The van der Waals surface area contributed by atoms with Gasteiger partial charge in [0.15, 0.2) is 6.61 Å². The molecule has 9 heteroatoms. The van der Waals surface area contributed by atoms with Crippen LogP contribution in [0.25, 0.3) is 0 Å². The lowest BCUT2D eigenvalue weighted by Gasteiger charge is -2.25. The quantitative estimate of drug-likeness (QED) is 0.458. The second kappa shape index (κ2) is 9.95. The predicted molar refractivity (Wildman–Crippen MR) is 114 cm³/mol. The molecule has 1 aliphatic heterocycles. The van der Waals surface area contributed by atoms with Crippen molar-refractivity contribution in [2.45, 2.75) is 32.2 Å². The van der Waals surface area contributed by atoms with Crippen molar-refractivity contribution in [3.63, 3.8) is 0 Å². The highest BCUT2D eigenvalue weighted by Gasteiger charge is 2.52. The van der Waals surface area contributed by atoms with Gasteiger partial charge in [-0.25, -0.2) is 9.59 Å². The average molecular weight is 439 g/mol. The van der Waals surface area contributed by atoms with Crippen LogP contribution < -0.4 is 15.5 Å². The largest absolute Gasteiger partial charge is 0.494 e. The lowest BCUT2D eigenvalue weighted by molar-refractivity contribution is -0.140. The van der Waals surface area contributed by atoms with Gasteiger partial charge < -0.3 is 14.8 Å². The van der Waals surface area contributed by atoms with Gasteiger partial charge in [0.25, 0.3) is 11.8 Å². The van der Waals surface area contributed by atoms with Crippen LogP contribution in [0.5, 0.6) is 5.75 Å². The van der Waals surface area contributed by atoms with Crippen molar-refractivity contribution in [1.82, 2.24) is 15.8 Å². The number of hydrazine groups is 1. The summed E-state index contributed by atoms with van der Waals surface area (Å²) in [5.41, 5.74) is 1.79. The maximum atomic E-state index is 13.0. The maximum absolute atomic E-state index is 13.0. The van der Waals surface area contributed by atoms with Crippen molar-refractivity contribution >= 4 is 23.8 Å². The Morgan fingerprint density at radius 3 is 2.34 bits per heavy atom. The Balaban J connectivity index is 1.58. The summed E-state index contributed by atoms with van der Waals surface area (Å²) in [7, 11) is 0. The molecule has 2 N–H and O–H groups in total. The normalized spacial score (nSPS) is 17.6. The molecule has 0 radical (unpaired) electrons. The number of rotatable bonds is 9. The molecule has 168 valence electrons. The molecule has 32 heavy (non-hydrogen) atoms.